The zero-order valence-corrected chi connectivity index (χ0v) is 14.8. The van der Waals surface area contributed by atoms with Crippen LogP contribution >= 0.6 is 11.3 Å². The quantitative estimate of drug-likeness (QED) is 0.775. The highest BCUT2D eigenvalue weighted by Gasteiger charge is 2.48. The summed E-state index contributed by atoms with van der Waals surface area (Å²) in [4.78, 5) is 11.7. The molecule has 0 radical (unpaired) electrons. The fourth-order valence-corrected chi connectivity index (χ4v) is 6.13. The molecule has 25 heavy (non-hydrogen) atoms. The molecule has 1 N–H and O–H groups in total. The lowest BCUT2D eigenvalue weighted by Crippen LogP contribution is -2.61. The van der Waals surface area contributed by atoms with Crippen LogP contribution in [0.2, 0.25) is 0 Å². The van der Waals surface area contributed by atoms with Crippen LogP contribution in [-0.4, -0.2) is 40.6 Å². The van der Waals surface area contributed by atoms with Gasteiger partial charge in [0.05, 0.1) is 4.88 Å². The van der Waals surface area contributed by atoms with Gasteiger partial charge in [-0.05, 0) is 47.9 Å². The number of benzene rings is 1. The predicted molar refractivity (Wildman–Crippen MR) is 100.0 cm³/mol. The Kier molecular flexibility index (Phi) is 3.05. The first kappa shape index (κ1) is 14.3. The number of H-pyrrole nitrogens is 1. The summed E-state index contributed by atoms with van der Waals surface area (Å²) in [5.74, 6) is 2.32. The van der Waals surface area contributed by atoms with Crippen molar-refractivity contribution in [1.29, 1.82) is 0 Å². The predicted octanol–water partition coefficient (Wildman–Crippen LogP) is 4.01. The SMILES string of the molecule is c1cc2cc(-c3cnc(OC4[C@H]5CC6C[C@H]4CN(C6)C5)s3)ccc2[nH]1. The molecule has 0 amide bonds. The number of nitrogens with zero attached hydrogens (tertiary/aromatic N) is 2. The van der Waals surface area contributed by atoms with E-state index in [0.29, 0.717) is 17.9 Å². The van der Waals surface area contributed by atoms with Crippen LogP contribution < -0.4 is 4.74 Å². The zero-order chi connectivity index (χ0) is 16.4. The topological polar surface area (TPSA) is 41.1 Å². The lowest BCUT2D eigenvalue weighted by Gasteiger charge is -2.55. The van der Waals surface area contributed by atoms with Gasteiger partial charge in [-0.2, -0.15) is 0 Å². The molecule has 2 aromatic heterocycles. The average molecular weight is 351 g/mol. The molecule has 0 spiro atoms. The van der Waals surface area contributed by atoms with Crippen molar-refractivity contribution >= 4 is 22.2 Å². The Labute approximate surface area is 150 Å². The number of hydrogen-bond donors (Lipinski definition) is 1. The van der Waals surface area contributed by atoms with Gasteiger partial charge in [-0.25, -0.2) is 4.98 Å². The molecule has 5 heterocycles. The Hall–Kier alpha value is -1.85. The number of aromatic nitrogens is 2. The number of aromatic amines is 1. The minimum atomic E-state index is 0.374. The summed E-state index contributed by atoms with van der Waals surface area (Å²) in [6.07, 6.45) is 7.02. The van der Waals surface area contributed by atoms with Gasteiger partial charge < -0.3 is 14.6 Å². The smallest absolute Gasteiger partial charge is 0.273 e. The fraction of sp³-hybridized carbons (Fsp3) is 0.450. The average Bonchev–Trinajstić information content (AvgIpc) is 3.26. The molecule has 1 aromatic carbocycles. The van der Waals surface area contributed by atoms with Gasteiger partial charge >= 0.3 is 0 Å². The van der Waals surface area contributed by atoms with Crippen molar-refractivity contribution in [2.75, 3.05) is 19.6 Å². The maximum absolute atomic E-state index is 6.44. The van der Waals surface area contributed by atoms with Crippen LogP contribution in [0.3, 0.4) is 0 Å². The van der Waals surface area contributed by atoms with Gasteiger partial charge in [0.15, 0.2) is 0 Å². The second kappa shape index (κ2) is 5.32. The minimum Gasteiger partial charge on any atom is -0.466 e. The van der Waals surface area contributed by atoms with E-state index in [0.717, 1.165) is 11.1 Å². The Bertz CT molecular complexity index is 902. The monoisotopic (exact) mass is 351 g/mol. The molecule has 3 aromatic rings. The van der Waals surface area contributed by atoms with Crippen molar-refractivity contribution in [3.05, 3.63) is 36.7 Å². The van der Waals surface area contributed by atoms with E-state index in [2.05, 4.69) is 39.1 Å². The Morgan fingerprint density at radius 2 is 2.00 bits per heavy atom. The first-order valence-corrected chi connectivity index (χ1v) is 10.1. The number of fused-ring (bicyclic) bond motifs is 1. The highest BCUT2D eigenvalue weighted by molar-refractivity contribution is 7.16. The van der Waals surface area contributed by atoms with E-state index in [9.17, 15) is 0 Å². The highest BCUT2D eigenvalue weighted by Crippen LogP contribution is 2.45. The maximum atomic E-state index is 6.44. The van der Waals surface area contributed by atoms with Crippen LogP contribution in [0.5, 0.6) is 5.19 Å². The van der Waals surface area contributed by atoms with E-state index >= 15 is 0 Å². The molecule has 4 fully saturated rings. The largest absolute Gasteiger partial charge is 0.466 e. The molecule has 5 heteroatoms. The molecule has 1 saturated carbocycles. The van der Waals surface area contributed by atoms with Crippen molar-refractivity contribution in [2.45, 2.75) is 18.9 Å². The van der Waals surface area contributed by atoms with Crippen LogP contribution in [-0.2, 0) is 0 Å². The van der Waals surface area contributed by atoms with E-state index in [1.807, 2.05) is 12.4 Å². The number of thiazole rings is 1. The van der Waals surface area contributed by atoms with E-state index in [4.69, 9.17) is 4.74 Å². The molecule has 4 nitrogen and oxygen atoms in total. The Morgan fingerprint density at radius 3 is 2.84 bits per heavy atom. The van der Waals surface area contributed by atoms with Gasteiger partial charge in [-0.3, -0.25) is 0 Å². The van der Waals surface area contributed by atoms with Crippen molar-refractivity contribution in [2.24, 2.45) is 17.8 Å². The molecule has 4 bridgehead atoms. The summed E-state index contributed by atoms with van der Waals surface area (Å²) in [6.45, 7) is 3.77. The summed E-state index contributed by atoms with van der Waals surface area (Å²) in [5, 5.41) is 2.08. The molecule has 3 saturated heterocycles. The molecule has 3 aliphatic heterocycles. The van der Waals surface area contributed by atoms with Crippen LogP contribution in [0, 0.1) is 17.8 Å². The van der Waals surface area contributed by atoms with Gasteiger partial charge in [0.2, 0.25) is 0 Å². The molecule has 0 unspecified atom stereocenters. The van der Waals surface area contributed by atoms with Gasteiger partial charge in [0.1, 0.15) is 6.10 Å². The first-order chi connectivity index (χ1) is 12.3. The molecule has 128 valence electrons. The summed E-state index contributed by atoms with van der Waals surface area (Å²) in [5.41, 5.74) is 2.39. The third-order valence-corrected chi connectivity index (χ3v) is 7.20. The third kappa shape index (κ3) is 2.33. The van der Waals surface area contributed by atoms with Crippen LogP contribution in [0.15, 0.2) is 36.7 Å². The molecule has 4 aliphatic rings. The second-order valence-electron chi connectivity index (χ2n) is 7.93. The summed E-state index contributed by atoms with van der Waals surface area (Å²) in [6, 6.07) is 8.63. The Morgan fingerprint density at radius 1 is 1.12 bits per heavy atom. The Balaban J connectivity index is 1.25. The molecule has 2 atom stereocenters. The number of rotatable bonds is 3. The van der Waals surface area contributed by atoms with Crippen molar-refractivity contribution in [1.82, 2.24) is 14.9 Å². The van der Waals surface area contributed by atoms with Crippen molar-refractivity contribution in [3.63, 3.8) is 0 Å². The summed E-state index contributed by atoms with van der Waals surface area (Å²) in [7, 11) is 0. The normalized spacial score (nSPS) is 33.2. The second-order valence-corrected chi connectivity index (χ2v) is 8.92. The zero-order valence-electron chi connectivity index (χ0n) is 14.0. The van der Waals surface area contributed by atoms with Crippen LogP contribution in [0.1, 0.15) is 12.8 Å². The van der Waals surface area contributed by atoms with Crippen LogP contribution in [0.25, 0.3) is 21.3 Å². The van der Waals surface area contributed by atoms with Gasteiger partial charge in [-0.15, -0.1) is 0 Å². The van der Waals surface area contributed by atoms with E-state index in [1.165, 1.54) is 53.8 Å². The first-order valence-electron chi connectivity index (χ1n) is 9.24. The summed E-state index contributed by atoms with van der Waals surface area (Å²) >= 11 is 1.68. The van der Waals surface area contributed by atoms with Gasteiger partial charge in [0.25, 0.3) is 5.19 Å². The summed E-state index contributed by atoms with van der Waals surface area (Å²) < 4.78 is 6.44. The van der Waals surface area contributed by atoms with E-state index in [1.54, 1.807) is 11.3 Å². The molecule has 7 rings (SSSR count). The van der Waals surface area contributed by atoms with Crippen molar-refractivity contribution < 1.29 is 4.74 Å². The molecule has 1 aliphatic carbocycles. The fourth-order valence-electron chi connectivity index (χ4n) is 5.33. The maximum Gasteiger partial charge on any atom is 0.273 e. The van der Waals surface area contributed by atoms with E-state index in [-0.39, 0.29) is 0 Å². The third-order valence-electron chi connectivity index (χ3n) is 6.26. The van der Waals surface area contributed by atoms with Crippen molar-refractivity contribution in [3.8, 4) is 15.6 Å². The molecular formula is C20H21N3OS. The standard InChI is InChI=1S/C20H21N3OS/c1-2-17-13(3-4-21-17)7-14(1)18-8-22-20(25-18)24-19-15-5-12-6-16(19)11-23(9-12)10-15/h1-4,7-8,12,15-16,19,21H,5-6,9-11H2/t12?,15-,16-,19?/m0/s1. The number of piperidine rings is 3. The lowest BCUT2D eigenvalue weighted by atomic mass is 9.66. The minimum absolute atomic E-state index is 0.374. The molecular weight excluding hydrogens is 330 g/mol. The van der Waals surface area contributed by atoms with Gasteiger partial charge in [0, 0.05) is 49.4 Å². The number of ether oxygens (including phenoxy) is 1. The van der Waals surface area contributed by atoms with Crippen LogP contribution in [0.4, 0.5) is 0 Å². The lowest BCUT2D eigenvalue weighted by molar-refractivity contribution is -0.0985. The highest BCUT2D eigenvalue weighted by atomic mass is 32.1. The van der Waals surface area contributed by atoms with E-state index < -0.39 is 0 Å². The van der Waals surface area contributed by atoms with Gasteiger partial charge in [-0.1, -0.05) is 17.4 Å². The number of nitrogens with one attached hydrogen (secondary N) is 1. The number of hydrogen-bond acceptors (Lipinski definition) is 4.